The minimum absolute atomic E-state index is 0.646. The van der Waals surface area contributed by atoms with Crippen LogP contribution in [0.3, 0.4) is 0 Å². The number of nitriles is 1. The lowest BCUT2D eigenvalue weighted by atomic mass is 10.0. The van der Waals surface area contributed by atoms with Crippen LogP contribution >= 0.6 is 0 Å². The maximum absolute atomic E-state index is 9.59. The van der Waals surface area contributed by atoms with Gasteiger partial charge in [0.2, 0.25) is 0 Å². The molecule has 2 aromatic carbocycles. The van der Waals surface area contributed by atoms with Crippen molar-refractivity contribution in [2.75, 3.05) is 19.6 Å². The second kappa shape index (κ2) is 13.6. The van der Waals surface area contributed by atoms with Crippen LogP contribution in [0.5, 0.6) is 0 Å². The highest BCUT2D eigenvalue weighted by Crippen LogP contribution is 2.27. The summed E-state index contributed by atoms with van der Waals surface area (Å²) in [6.07, 6.45) is 16.0. The Bertz CT molecular complexity index is 1180. The molecular formula is C30H33N5. The topological polar surface area (TPSA) is 70.9 Å². The van der Waals surface area contributed by atoms with Crippen LogP contribution in [0.1, 0.15) is 25.7 Å². The maximum atomic E-state index is 9.59. The van der Waals surface area contributed by atoms with E-state index in [0.29, 0.717) is 6.54 Å². The molecule has 0 saturated carbocycles. The van der Waals surface area contributed by atoms with Crippen LogP contribution in [0.15, 0.2) is 90.2 Å². The van der Waals surface area contributed by atoms with Gasteiger partial charge in [0.05, 0.1) is 22.7 Å². The average Bonchev–Trinajstić information content (AvgIpc) is 3.37. The number of nitrogens with zero attached hydrogens (tertiary/aromatic N) is 4. The van der Waals surface area contributed by atoms with Gasteiger partial charge in [-0.1, -0.05) is 72.8 Å². The molecule has 1 heterocycles. The molecule has 4 rings (SSSR count). The summed E-state index contributed by atoms with van der Waals surface area (Å²) in [4.78, 5) is 2.32. The number of aryl methyl sites for hydroxylation is 1. The minimum Gasteiger partial charge on any atom is -0.371 e. The van der Waals surface area contributed by atoms with Crippen molar-refractivity contribution < 1.29 is 0 Å². The largest absolute Gasteiger partial charge is 0.371 e. The summed E-state index contributed by atoms with van der Waals surface area (Å²) in [5.74, 6) is 0. The van der Waals surface area contributed by atoms with Gasteiger partial charge in [-0.3, -0.25) is 4.68 Å². The van der Waals surface area contributed by atoms with Crippen molar-refractivity contribution >= 4 is 0 Å². The molecule has 2 N–H and O–H groups in total. The van der Waals surface area contributed by atoms with Crippen molar-refractivity contribution in [3.8, 4) is 41.4 Å². The average molecular weight is 464 g/mol. The van der Waals surface area contributed by atoms with Gasteiger partial charge < -0.3 is 10.6 Å². The summed E-state index contributed by atoms with van der Waals surface area (Å²) in [5, 5.41) is 14.5. The number of hydrogen-bond donors (Lipinski definition) is 1. The molecule has 1 aliphatic rings. The van der Waals surface area contributed by atoms with Gasteiger partial charge in [0.15, 0.2) is 0 Å². The summed E-state index contributed by atoms with van der Waals surface area (Å²) in [6, 6.07) is 25.3. The first-order valence-corrected chi connectivity index (χ1v) is 12.1. The lowest BCUT2D eigenvalue weighted by Crippen LogP contribution is -2.29. The first kappa shape index (κ1) is 25.6. The van der Waals surface area contributed by atoms with Gasteiger partial charge in [-0.25, -0.2) is 0 Å². The number of benzene rings is 2. The Balaban J connectivity index is 0.00000167. The summed E-state index contributed by atoms with van der Waals surface area (Å²) in [7, 11) is 0. The molecule has 0 radical (unpaired) electrons. The van der Waals surface area contributed by atoms with Gasteiger partial charge in [-0.15, -0.1) is 12.8 Å². The van der Waals surface area contributed by atoms with E-state index in [4.69, 9.17) is 10.8 Å². The molecular weight excluding hydrogens is 430 g/mol. The van der Waals surface area contributed by atoms with E-state index in [9.17, 15) is 5.26 Å². The Hall–Kier alpha value is -4.06. The lowest BCUT2D eigenvalue weighted by Gasteiger charge is -2.29. The number of allylic oxidation sites excluding steroid dienone is 3. The molecule has 0 amide bonds. The van der Waals surface area contributed by atoms with Crippen molar-refractivity contribution in [2.45, 2.75) is 32.2 Å². The molecule has 0 atom stereocenters. The zero-order chi connectivity index (χ0) is 24.9. The summed E-state index contributed by atoms with van der Waals surface area (Å²) in [5.41, 5.74) is 12.0. The van der Waals surface area contributed by atoms with E-state index >= 15 is 0 Å². The summed E-state index contributed by atoms with van der Waals surface area (Å²) < 4.78 is 2.12. The van der Waals surface area contributed by atoms with Crippen molar-refractivity contribution in [1.29, 1.82) is 5.26 Å². The number of terminal acetylenes is 1. The molecule has 5 nitrogen and oxygen atoms in total. The molecule has 0 bridgehead atoms. The second-order valence-corrected chi connectivity index (χ2v) is 8.25. The Morgan fingerprint density at radius 2 is 1.54 bits per heavy atom. The molecule has 35 heavy (non-hydrogen) atoms. The van der Waals surface area contributed by atoms with Crippen molar-refractivity contribution in [1.82, 2.24) is 14.7 Å². The fourth-order valence-electron chi connectivity index (χ4n) is 4.29. The molecule has 0 fully saturated rings. The standard InChI is InChI=1S/C28H31N5.C2H2/c29-17-9-18-32(27-16-8-7-15-25(27)22-30)19-10-20-33-28(24-13-5-2-6-14-24)21-26(31-33)23-11-3-1-4-12-23;1-2/h1-6,11-16,21H,7-10,17-20,29H2;1-2H. The third-order valence-corrected chi connectivity index (χ3v) is 5.94. The van der Waals surface area contributed by atoms with E-state index in [1.54, 1.807) is 0 Å². The molecule has 5 heteroatoms. The zero-order valence-corrected chi connectivity index (χ0v) is 20.2. The molecule has 3 aromatic rings. The Morgan fingerprint density at radius 1 is 0.914 bits per heavy atom. The van der Waals surface area contributed by atoms with Crippen molar-refractivity contribution in [3.05, 3.63) is 90.2 Å². The van der Waals surface area contributed by atoms with Gasteiger partial charge in [-0.05, 0) is 43.9 Å². The van der Waals surface area contributed by atoms with E-state index in [2.05, 4.69) is 83.1 Å². The number of rotatable bonds is 10. The van der Waals surface area contributed by atoms with E-state index < -0.39 is 0 Å². The van der Waals surface area contributed by atoms with Crippen LogP contribution in [-0.4, -0.2) is 34.3 Å². The Kier molecular flexibility index (Phi) is 9.93. The number of nitrogens with two attached hydrogens (primary N) is 1. The van der Waals surface area contributed by atoms with E-state index in [1.165, 1.54) is 0 Å². The van der Waals surface area contributed by atoms with Crippen LogP contribution in [0, 0.1) is 24.2 Å². The molecule has 1 aliphatic carbocycles. The first-order chi connectivity index (χ1) is 17.3. The molecule has 0 aliphatic heterocycles. The fraction of sp³-hybridized carbons (Fsp3) is 0.267. The van der Waals surface area contributed by atoms with E-state index in [1.807, 2.05) is 24.3 Å². The highest BCUT2D eigenvalue weighted by Gasteiger charge is 2.17. The van der Waals surface area contributed by atoms with Gasteiger partial charge >= 0.3 is 0 Å². The molecule has 178 valence electrons. The zero-order valence-electron chi connectivity index (χ0n) is 20.2. The highest BCUT2D eigenvalue weighted by atomic mass is 15.3. The predicted octanol–water partition coefficient (Wildman–Crippen LogP) is 5.64. The second-order valence-electron chi connectivity index (χ2n) is 8.25. The quantitative estimate of drug-likeness (QED) is 0.395. The fourth-order valence-corrected chi connectivity index (χ4v) is 4.29. The highest BCUT2D eigenvalue weighted by molar-refractivity contribution is 5.68. The smallest absolute Gasteiger partial charge is 0.101 e. The van der Waals surface area contributed by atoms with Crippen molar-refractivity contribution in [2.24, 2.45) is 5.73 Å². The number of aromatic nitrogens is 2. The predicted molar refractivity (Wildman–Crippen MR) is 144 cm³/mol. The monoisotopic (exact) mass is 463 g/mol. The molecule has 0 saturated heterocycles. The van der Waals surface area contributed by atoms with E-state index in [0.717, 1.165) is 79.1 Å². The van der Waals surface area contributed by atoms with Crippen LogP contribution in [0.2, 0.25) is 0 Å². The van der Waals surface area contributed by atoms with E-state index in [-0.39, 0.29) is 0 Å². The molecule has 0 unspecified atom stereocenters. The SMILES string of the molecule is C#C.N#CC1=CCCC=C1N(CCCN)CCCn1nc(-c2ccccc2)cc1-c1ccccc1. The van der Waals surface area contributed by atoms with Gasteiger partial charge in [0, 0.05) is 25.2 Å². The van der Waals surface area contributed by atoms with Crippen LogP contribution in [-0.2, 0) is 6.54 Å². The van der Waals surface area contributed by atoms with Crippen LogP contribution in [0.4, 0.5) is 0 Å². The third kappa shape index (κ3) is 6.73. The van der Waals surface area contributed by atoms with Crippen LogP contribution in [0.25, 0.3) is 22.5 Å². The van der Waals surface area contributed by atoms with Gasteiger partial charge in [0.25, 0.3) is 0 Å². The third-order valence-electron chi connectivity index (χ3n) is 5.94. The summed E-state index contributed by atoms with van der Waals surface area (Å²) in [6.45, 7) is 3.17. The van der Waals surface area contributed by atoms with Crippen LogP contribution < -0.4 is 5.73 Å². The molecule has 1 aromatic heterocycles. The first-order valence-electron chi connectivity index (χ1n) is 12.1. The van der Waals surface area contributed by atoms with Gasteiger partial charge in [0.1, 0.15) is 6.07 Å². The summed E-state index contributed by atoms with van der Waals surface area (Å²) >= 11 is 0. The Labute approximate surface area is 209 Å². The Morgan fingerprint density at radius 3 is 2.20 bits per heavy atom. The van der Waals surface area contributed by atoms with Crippen molar-refractivity contribution in [3.63, 3.8) is 0 Å². The number of hydrogen-bond acceptors (Lipinski definition) is 4. The normalized spacial score (nSPS) is 12.5. The molecule has 0 spiro atoms. The lowest BCUT2D eigenvalue weighted by molar-refractivity contribution is 0.329. The minimum atomic E-state index is 0.646. The van der Waals surface area contributed by atoms with Gasteiger partial charge in [-0.2, -0.15) is 10.4 Å². The maximum Gasteiger partial charge on any atom is 0.101 e.